The van der Waals surface area contributed by atoms with Crippen LogP contribution in [0.1, 0.15) is 163 Å². The lowest BCUT2D eigenvalue weighted by atomic mass is 9.86. The molecule has 16 nitrogen and oxygen atoms in total. The van der Waals surface area contributed by atoms with Gasteiger partial charge in [0.1, 0.15) is 17.3 Å². The van der Waals surface area contributed by atoms with Gasteiger partial charge in [-0.25, -0.2) is 13.9 Å². The first-order valence-electron chi connectivity index (χ1n) is 25.7. The van der Waals surface area contributed by atoms with Crippen molar-refractivity contribution in [2.75, 3.05) is 6.54 Å². The smallest absolute Gasteiger partial charge is 0.362 e. The highest BCUT2D eigenvalue weighted by Crippen LogP contribution is 2.57. The second-order valence-corrected chi connectivity index (χ2v) is 24.1. The zero-order chi connectivity index (χ0) is 52.1. The number of nitrogens with one attached hydrogen (secondary N) is 1. The van der Waals surface area contributed by atoms with Crippen LogP contribution in [0.3, 0.4) is 0 Å². The van der Waals surface area contributed by atoms with E-state index >= 15 is 0 Å². The number of hydrogen-bond acceptors (Lipinski definition) is 13. The van der Waals surface area contributed by atoms with E-state index in [1.165, 1.54) is 4.90 Å². The number of likely N-dealkylation sites (tertiary alicyclic amines) is 1. The number of benzene rings is 1. The van der Waals surface area contributed by atoms with Crippen LogP contribution in [0.4, 0.5) is 0 Å². The van der Waals surface area contributed by atoms with Crippen LogP contribution < -0.4 is 9.46 Å². The van der Waals surface area contributed by atoms with E-state index in [1.54, 1.807) is 53.8 Å². The molecule has 0 spiro atoms. The second-order valence-electron chi connectivity index (χ2n) is 22.8. The molecule has 17 heteroatoms. The number of aromatic nitrogens is 1. The van der Waals surface area contributed by atoms with Crippen molar-refractivity contribution in [2.24, 2.45) is 35.0 Å². The minimum absolute atomic E-state index is 0.00271. The van der Waals surface area contributed by atoms with Crippen molar-refractivity contribution in [3.05, 3.63) is 48.7 Å². The number of aliphatic carboxylic acids is 1. The molecule has 71 heavy (non-hydrogen) atoms. The van der Waals surface area contributed by atoms with Crippen molar-refractivity contribution in [1.29, 1.82) is 0 Å². The molecule has 4 aliphatic carbocycles. The Labute approximate surface area is 420 Å². The summed E-state index contributed by atoms with van der Waals surface area (Å²) in [5.41, 5.74) is -2.35. The number of Topliss-reactive ketones (excluding diaryl/α,β-unsaturated/α-hetero) is 1. The molecule has 2 amide bonds. The first kappa shape index (κ1) is 55.4. The molecular formula is C54H77N3O13S. The Hall–Kier alpha value is -4.90. The van der Waals surface area contributed by atoms with E-state index in [0.29, 0.717) is 25.1 Å². The van der Waals surface area contributed by atoms with Gasteiger partial charge in [0.05, 0.1) is 48.3 Å². The second kappa shape index (κ2) is 22.5. The third-order valence-electron chi connectivity index (χ3n) is 14.6. The SMILES string of the molecule is C=C[C@@H]1C[C@]1(CC(=O)[C@@H]1C[C@@H](Oc2nccc3cc(C)ccc23)CN1C(=O)[C@@H](CC(=O)OC(C)(C)C)C1CCCC1)C(=O)NS(=O)(=O)OC1(CCC)CC1.CC(C)(C)OC(=O)C[C@H](C(=O)O)C1CCCC1. The van der Waals surface area contributed by atoms with Gasteiger partial charge in [-0.05, 0) is 135 Å². The summed E-state index contributed by atoms with van der Waals surface area (Å²) in [6.07, 6.45) is 12.4. The van der Waals surface area contributed by atoms with E-state index in [2.05, 4.69) is 16.3 Å². The summed E-state index contributed by atoms with van der Waals surface area (Å²) in [5, 5.41) is 10.9. The molecule has 4 saturated carbocycles. The van der Waals surface area contributed by atoms with Crippen molar-refractivity contribution in [1.82, 2.24) is 14.6 Å². The Bertz CT molecular complexity index is 2410. The number of amides is 2. The zero-order valence-electron chi connectivity index (χ0n) is 43.1. The summed E-state index contributed by atoms with van der Waals surface area (Å²) in [7, 11) is -4.44. The number of esters is 2. The van der Waals surface area contributed by atoms with Gasteiger partial charge in [0.2, 0.25) is 17.7 Å². The summed E-state index contributed by atoms with van der Waals surface area (Å²) in [5.74, 6) is -4.54. The van der Waals surface area contributed by atoms with Gasteiger partial charge in [-0.3, -0.25) is 28.8 Å². The van der Waals surface area contributed by atoms with Crippen molar-refractivity contribution >= 4 is 56.6 Å². The number of nitrogens with zero attached hydrogens (tertiary/aromatic N) is 2. The maximum absolute atomic E-state index is 14.7. The summed E-state index contributed by atoms with van der Waals surface area (Å²) in [6.45, 7) is 18.6. The topological polar surface area (TPSA) is 222 Å². The lowest BCUT2D eigenvalue weighted by Crippen LogP contribution is -2.47. The number of carbonyl (C=O) groups is 6. The Kier molecular flexibility index (Phi) is 17.5. The van der Waals surface area contributed by atoms with E-state index in [0.717, 1.165) is 74.1 Å². The summed E-state index contributed by atoms with van der Waals surface area (Å²) in [4.78, 5) is 85.0. The highest BCUT2D eigenvalue weighted by molar-refractivity contribution is 7.85. The zero-order valence-corrected chi connectivity index (χ0v) is 43.9. The predicted molar refractivity (Wildman–Crippen MR) is 266 cm³/mol. The fourth-order valence-corrected chi connectivity index (χ4v) is 12.2. The Morgan fingerprint density at radius 1 is 0.901 bits per heavy atom. The van der Waals surface area contributed by atoms with Gasteiger partial charge >= 0.3 is 28.2 Å². The number of carboxylic acids is 1. The minimum Gasteiger partial charge on any atom is -0.481 e. The summed E-state index contributed by atoms with van der Waals surface area (Å²) >= 11 is 0. The van der Waals surface area contributed by atoms with Gasteiger partial charge in [-0.1, -0.05) is 62.8 Å². The fraction of sp³-hybridized carbons (Fsp3) is 0.685. The van der Waals surface area contributed by atoms with Gasteiger partial charge in [-0.2, -0.15) is 8.42 Å². The van der Waals surface area contributed by atoms with E-state index in [1.807, 2.05) is 38.1 Å². The standard InChI is InChI=1S/C41H55N3O9S.C13H22O4/c1-7-16-40(17-18-40)53-54(49,50)43-38(48)41(23-29(41)8-2)24-34(45)33-21-30(51-36-31-14-13-26(3)20-28(31)15-19-42-36)25-44(33)37(47)32(27-11-9-10-12-27)22-35(46)52-39(4,5)6;1-13(2,3)17-11(14)8-10(12(15)16)9-6-4-5-7-9/h8,13-15,19-20,27,29-30,32-33H,2,7,9-12,16-18,21-25H2,1,3-6H3,(H,43,48);9-10H,4-8H2,1-3H3,(H,15,16)/t29-,30-,32+,33+,41-;10-/m10/s1. The largest absolute Gasteiger partial charge is 0.481 e. The third-order valence-corrected chi connectivity index (χ3v) is 15.7. The average molecular weight is 1010 g/mol. The molecule has 0 radical (unpaired) electrons. The van der Waals surface area contributed by atoms with Crippen LogP contribution in [-0.4, -0.2) is 94.4 Å². The van der Waals surface area contributed by atoms with Gasteiger partial charge in [0.15, 0.2) is 5.78 Å². The van der Waals surface area contributed by atoms with Crippen LogP contribution in [-0.2, 0) is 52.7 Å². The molecule has 5 fully saturated rings. The number of ketones is 1. The molecule has 6 atom stereocenters. The molecule has 1 aliphatic heterocycles. The van der Waals surface area contributed by atoms with Gasteiger partial charge in [0.25, 0.3) is 0 Å². The highest BCUT2D eigenvalue weighted by Gasteiger charge is 2.62. The number of carbonyl (C=O) groups excluding carboxylic acids is 5. The van der Waals surface area contributed by atoms with Crippen LogP contribution in [0.2, 0.25) is 0 Å². The lowest BCUT2D eigenvalue weighted by molar-refractivity contribution is -0.161. The number of fused-ring (bicyclic) bond motifs is 1. The van der Waals surface area contributed by atoms with Crippen LogP contribution in [0, 0.1) is 41.9 Å². The molecule has 1 aromatic heterocycles. The monoisotopic (exact) mass is 1010 g/mol. The van der Waals surface area contributed by atoms with Crippen LogP contribution in [0.5, 0.6) is 5.88 Å². The molecule has 392 valence electrons. The Morgan fingerprint density at radius 2 is 1.48 bits per heavy atom. The van der Waals surface area contributed by atoms with Gasteiger partial charge < -0.3 is 24.2 Å². The van der Waals surface area contributed by atoms with Gasteiger partial charge in [0, 0.05) is 24.4 Å². The molecule has 1 aromatic carbocycles. The molecule has 0 unspecified atom stereocenters. The molecule has 2 aromatic rings. The normalized spacial score (nSPS) is 24.0. The first-order chi connectivity index (χ1) is 33.3. The summed E-state index contributed by atoms with van der Waals surface area (Å²) in [6, 6.07) is 6.83. The Morgan fingerprint density at radius 3 is 2.00 bits per heavy atom. The van der Waals surface area contributed by atoms with Crippen molar-refractivity contribution in [3.8, 4) is 5.88 Å². The van der Waals surface area contributed by atoms with E-state index in [4.69, 9.17) is 18.4 Å². The quantitative estimate of drug-likeness (QED) is 0.0934. The van der Waals surface area contributed by atoms with E-state index in [9.17, 15) is 42.3 Å². The number of pyridine rings is 1. The maximum atomic E-state index is 14.7. The number of allylic oxidation sites excluding steroid dienone is 1. The first-order valence-corrected chi connectivity index (χ1v) is 27.1. The van der Waals surface area contributed by atoms with Gasteiger partial charge in [-0.15, -0.1) is 6.58 Å². The molecular weight excluding hydrogens is 931 g/mol. The molecule has 5 aliphatic rings. The Balaban J connectivity index is 0.000000411. The van der Waals surface area contributed by atoms with Crippen molar-refractivity contribution in [2.45, 2.75) is 193 Å². The average Bonchev–Trinajstić information content (AvgIpc) is 3.80. The van der Waals surface area contributed by atoms with E-state index < -0.39 is 86.2 Å². The number of rotatable bonds is 20. The number of ether oxygens (including phenoxy) is 3. The van der Waals surface area contributed by atoms with Crippen LogP contribution in [0.15, 0.2) is 43.1 Å². The summed E-state index contributed by atoms with van der Waals surface area (Å²) < 4.78 is 51.0. The molecule has 7 rings (SSSR count). The number of carboxylic acid groups (broad SMARTS) is 1. The molecule has 1 saturated heterocycles. The van der Waals surface area contributed by atoms with Crippen molar-refractivity contribution in [3.63, 3.8) is 0 Å². The molecule has 2 N–H and O–H groups in total. The molecule has 0 bridgehead atoms. The number of hydrogen-bond donors (Lipinski definition) is 2. The molecule has 2 heterocycles. The minimum atomic E-state index is -4.44. The van der Waals surface area contributed by atoms with Crippen LogP contribution >= 0.6 is 0 Å². The number of aryl methyl sites for hydroxylation is 1. The van der Waals surface area contributed by atoms with Crippen molar-refractivity contribution < 1.29 is 60.7 Å². The maximum Gasteiger partial charge on any atom is 0.362 e. The highest BCUT2D eigenvalue weighted by atomic mass is 32.2. The fourth-order valence-electron chi connectivity index (χ4n) is 11.0. The van der Waals surface area contributed by atoms with Crippen LogP contribution in [0.25, 0.3) is 10.8 Å². The van der Waals surface area contributed by atoms with E-state index in [-0.39, 0.29) is 62.2 Å². The predicted octanol–water partition coefficient (Wildman–Crippen LogP) is 8.90. The lowest BCUT2D eigenvalue weighted by Gasteiger charge is -2.31. The third kappa shape index (κ3) is 14.9.